The molecule has 1 aliphatic heterocycles. The first-order chi connectivity index (χ1) is 16.6. The number of benzene rings is 3. The summed E-state index contributed by atoms with van der Waals surface area (Å²) in [5, 5.41) is 10.8. The van der Waals surface area contributed by atoms with Crippen molar-refractivity contribution in [2.24, 2.45) is 16.0 Å². The molecule has 0 saturated heterocycles. The van der Waals surface area contributed by atoms with Gasteiger partial charge in [0.2, 0.25) is 10.0 Å². The van der Waals surface area contributed by atoms with E-state index in [2.05, 4.69) is 18.9 Å². The van der Waals surface area contributed by atoms with Crippen LogP contribution in [0.15, 0.2) is 82.8 Å². The van der Waals surface area contributed by atoms with Crippen molar-refractivity contribution in [3.05, 3.63) is 89.5 Å². The first-order valence-corrected chi connectivity index (χ1v) is 12.8. The molecule has 0 fully saturated rings. The number of carbonyl (C=O) groups is 1. The maximum Gasteiger partial charge on any atom is 0.279 e. The van der Waals surface area contributed by atoms with Crippen LogP contribution < -0.4 is 20.8 Å². The summed E-state index contributed by atoms with van der Waals surface area (Å²) in [6, 6.07) is 21.3. The zero-order valence-corrected chi connectivity index (χ0v) is 20.9. The van der Waals surface area contributed by atoms with Crippen LogP contribution in [-0.4, -0.2) is 25.1 Å². The fourth-order valence-corrected chi connectivity index (χ4v) is 4.54. The molecule has 3 aromatic carbocycles. The number of carbonyl (C=O) groups excluding carboxylic acids is 1. The van der Waals surface area contributed by atoms with Crippen molar-refractivity contribution in [3.8, 4) is 0 Å². The van der Waals surface area contributed by atoms with E-state index in [-0.39, 0.29) is 33.2 Å². The molecule has 0 bridgehead atoms. The molecule has 0 radical (unpaired) electrons. The smallest absolute Gasteiger partial charge is 0.279 e. The number of primary sulfonamides is 1. The van der Waals surface area contributed by atoms with Crippen molar-refractivity contribution in [2.75, 3.05) is 9.91 Å². The van der Waals surface area contributed by atoms with Crippen molar-refractivity contribution in [1.82, 2.24) is 0 Å². The van der Waals surface area contributed by atoms with E-state index in [0.717, 1.165) is 16.8 Å². The normalized spacial score (nSPS) is 14.5. The molecule has 0 aliphatic carbocycles. The number of rotatable bonds is 6. The Labute approximate surface area is 209 Å². The Hall–Kier alpha value is -3.60. The molecule has 10 heteroatoms. The molecule has 180 valence electrons. The summed E-state index contributed by atoms with van der Waals surface area (Å²) in [7, 11) is -3.96. The Balaban J connectivity index is 1.84. The van der Waals surface area contributed by atoms with E-state index in [0.29, 0.717) is 12.1 Å². The van der Waals surface area contributed by atoms with Crippen molar-refractivity contribution < 1.29 is 13.2 Å². The Morgan fingerprint density at radius 1 is 1.06 bits per heavy atom. The SMILES string of the molecule is CC(C)c1ccc2c(c1)/C(=N/N(C(N)=S)c1cccc(S(N)(=O)=O)c1)C(=O)N2Cc1ccccc1. The lowest BCUT2D eigenvalue weighted by Gasteiger charge is -2.19. The number of nitrogens with two attached hydrogens (primary N) is 2. The summed E-state index contributed by atoms with van der Waals surface area (Å²) >= 11 is 5.20. The summed E-state index contributed by atoms with van der Waals surface area (Å²) < 4.78 is 23.7. The first kappa shape index (κ1) is 24.5. The summed E-state index contributed by atoms with van der Waals surface area (Å²) in [5.41, 5.74) is 9.77. The molecule has 0 aromatic heterocycles. The predicted octanol–water partition coefficient (Wildman–Crippen LogP) is 3.46. The Kier molecular flexibility index (Phi) is 6.70. The van der Waals surface area contributed by atoms with Crippen LogP contribution >= 0.6 is 12.2 Å². The summed E-state index contributed by atoms with van der Waals surface area (Å²) in [4.78, 5) is 15.2. The second kappa shape index (κ2) is 9.57. The van der Waals surface area contributed by atoms with E-state index >= 15 is 0 Å². The van der Waals surface area contributed by atoms with Gasteiger partial charge in [0.15, 0.2) is 10.8 Å². The fourth-order valence-electron chi connectivity index (χ4n) is 3.84. The van der Waals surface area contributed by atoms with Crippen molar-refractivity contribution in [2.45, 2.75) is 31.2 Å². The minimum absolute atomic E-state index is 0.123. The zero-order chi connectivity index (χ0) is 25.3. The van der Waals surface area contributed by atoms with Crippen molar-refractivity contribution in [3.63, 3.8) is 0 Å². The van der Waals surface area contributed by atoms with Gasteiger partial charge in [-0.3, -0.25) is 4.79 Å². The van der Waals surface area contributed by atoms with Gasteiger partial charge in [0, 0.05) is 5.56 Å². The van der Waals surface area contributed by atoms with E-state index in [1.807, 2.05) is 48.5 Å². The highest BCUT2D eigenvalue weighted by atomic mass is 32.2. The van der Waals surface area contributed by atoms with E-state index in [1.54, 1.807) is 11.0 Å². The molecule has 4 N–H and O–H groups in total. The fraction of sp³-hybridized carbons (Fsp3) is 0.160. The molecule has 1 aliphatic rings. The van der Waals surface area contributed by atoms with Gasteiger partial charge in [0.25, 0.3) is 5.91 Å². The molecular formula is C25H25N5O3S2. The van der Waals surface area contributed by atoms with Crippen LogP contribution in [0, 0.1) is 0 Å². The number of amides is 1. The van der Waals surface area contributed by atoms with Gasteiger partial charge in [0.05, 0.1) is 22.8 Å². The third-order valence-corrected chi connectivity index (χ3v) is 6.75. The molecule has 1 amide bonds. The number of sulfonamides is 1. The molecule has 4 rings (SSSR count). The van der Waals surface area contributed by atoms with Gasteiger partial charge in [-0.2, -0.15) is 5.10 Å². The van der Waals surface area contributed by atoms with Gasteiger partial charge in [-0.1, -0.05) is 56.3 Å². The highest BCUT2D eigenvalue weighted by Crippen LogP contribution is 2.34. The van der Waals surface area contributed by atoms with Crippen LogP contribution in [0.2, 0.25) is 0 Å². The number of anilines is 2. The van der Waals surface area contributed by atoms with Gasteiger partial charge in [-0.15, -0.1) is 0 Å². The lowest BCUT2D eigenvalue weighted by atomic mass is 9.99. The Morgan fingerprint density at radius 3 is 2.40 bits per heavy atom. The summed E-state index contributed by atoms with van der Waals surface area (Å²) in [5.74, 6) is -0.0773. The second-order valence-electron chi connectivity index (χ2n) is 8.45. The number of nitrogens with zero attached hydrogens (tertiary/aromatic N) is 3. The van der Waals surface area contributed by atoms with Crippen molar-refractivity contribution in [1.29, 1.82) is 0 Å². The quantitative estimate of drug-likeness (QED) is 0.389. The molecule has 35 heavy (non-hydrogen) atoms. The van der Waals surface area contributed by atoms with Crippen molar-refractivity contribution >= 4 is 50.3 Å². The van der Waals surface area contributed by atoms with Crippen LogP contribution in [0.5, 0.6) is 0 Å². The lowest BCUT2D eigenvalue weighted by Crippen LogP contribution is -2.35. The number of thiocarbonyl (C=S) groups is 1. The highest BCUT2D eigenvalue weighted by molar-refractivity contribution is 7.89. The number of hydrogen-bond acceptors (Lipinski definition) is 5. The first-order valence-electron chi connectivity index (χ1n) is 10.9. The topological polar surface area (TPSA) is 122 Å². The third kappa shape index (κ3) is 5.09. The minimum Gasteiger partial charge on any atom is -0.374 e. The van der Waals surface area contributed by atoms with E-state index in [9.17, 15) is 13.2 Å². The van der Waals surface area contributed by atoms with E-state index in [4.69, 9.17) is 23.1 Å². The summed E-state index contributed by atoms with van der Waals surface area (Å²) in [6.07, 6.45) is 0. The van der Waals surface area contributed by atoms with Crippen LogP contribution in [0.1, 0.15) is 36.5 Å². The highest BCUT2D eigenvalue weighted by Gasteiger charge is 2.35. The monoisotopic (exact) mass is 507 g/mol. The average Bonchev–Trinajstić information content (AvgIpc) is 3.07. The maximum atomic E-state index is 13.6. The molecule has 8 nitrogen and oxygen atoms in total. The molecule has 0 atom stereocenters. The molecule has 0 saturated carbocycles. The summed E-state index contributed by atoms with van der Waals surface area (Å²) in [6.45, 7) is 4.49. The molecule has 0 spiro atoms. The second-order valence-corrected chi connectivity index (χ2v) is 10.4. The van der Waals surface area contributed by atoms with Crippen LogP contribution in [0.4, 0.5) is 11.4 Å². The van der Waals surface area contributed by atoms with Gasteiger partial charge >= 0.3 is 0 Å². The molecule has 0 unspecified atom stereocenters. The zero-order valence-electron chi connectivity index (χ0n) is 19.3. The maximum absolute atomic E-state index is 13.6. The Bertz CT molecular complexity index is 1440. The van der Waals surface area contributed by atoms with Gasteiger partial charge < -0.3 is 10.6 Å². The van der Waals surface area contributed by atoms with Crippen LogP contribution in [0.3, 0.4) is 0 Å². The molecule has 1 heterocycles. The van der Waals surface area contributed by atoms with Crippen LogP contribution in [-0.2, 0) is 21.4 Å². The predicted molar refractivity (Wildman–Crippen MR) is 142 cm³/mol. The largest absolute Gasteiger partial charge is 0.374 e. The van der Waals surface area contributed by atoms with Gasteiger partial charge in [-0.25, -0.2) is 18.6 Å². The van der Waals surface area contributed by atoms with Gasteiger partial charge in [0.1, 0.15) is 0 Å². The molecule has 3 aromatic rings. The number of fused-ring (bicyclic) bond motifs is 1. The number of hydrogen-bond donors (Lipinski definition) is 2. The van der Waals surface area contributed by atoms with E-state index < -0.39 is 10.0 Å². The number of hydrazone groups is 1. The standard InChI is InChI=1S/C25H25N5O3S2/c1-16(2)18-11-12-22-21(13-18)23(24(31)29(22)15-17-7-4-3-5-8-17)28-30(25(26)34)19-9-6-10-20(14-19)35(27,32)33/h3-14,16H,15H2,1-2H3,(H2,26,34)(H2,27,32,33)/b28-23-. The van der Waals surface area contributed by atoms with E-state index in [1.165, 1.54) is 23.2 Å². The Morgan fingerprint density at radius 2 is 1.77 bits per heavy atom. The van der Waals surface area contributed by atoms with Crippen LogP contribution in [0.25, 0.3) is 0 Å². The third-order valence-electron chi connectivity index (χ3n) is 5.66. The lowest BCUT2D eigenvalue weighted by molar-refractivity contribution is -0.112. The molecular weight excluding hydrogens is 482 g/mol. The average molecular weight is 508 g/mol. The minimum atomic E-state index is -3.96. The van der Waals surface area contributed by atoms with Gasteiger partial charge in [-0.05, 0) is 59.6 Å².